The van der Waals surface area contributed by atoms with Crippen molar-refractivity contribution in [3.63, 3.8) is 0 Å². The maximum absolute atomic E-state index is 12.6. The van der Waals surface area contributed by atoms with Crippen LogP contribution < -0.4 is 24.8 Å². The summed E-state index contributed by atoms with van der Waals surface area (Å²) in [7, 11) is 0. The predicted octanol–water partition coefficient (Wildman–Crippen LogP) is 4.75. The Morgan fingerprint density at radius 3 is 2.26 bits per heavy atom. The van der Waals surface area contributed by atoms with Crippen molar-refractivity contribution in [1.29, 1.82) is 0 Å². The smallest absolute Gasteiger partial charge is 0.243 e. The number of amides is 1. The Hall–Kier alpha value is -3.71. The van der Waals surface area contributed by atoms with Crippen LogP contribution in [0.15, 0.2) is 78.9 Å². The molecule has 7 nitrogen and oxygen atoms in total. The second-order valence-corrected chi connectivity index (χ2v) is 7.85. The van der Waals surface area contributed by atoms with E-state index in [1.54, 1.807) is 0 Å². The molecule has 0 saturated carbocycles. The summed E-state index contributed by atoms with van der Waals surface area (Å²) in [5.41, 5.74) is 1.37. The Balaban J connectivity index is 1.25. The average molecular weight is 463 g/mol. The van der Waals surface area contributed by atoms with Crippen molar-refractivity contribution in [3.8, 4) is 17.2 Å². The molecule has 3 aromatic carbocycles. The molecule has 7 heteroatoms. The first-order valence-electron chi connectivity index (χ1n) is 11.5. The lowest BCUT2D eigenvalue weighted by atomic mass is 10.2. The largest absolute Gasteiger partial charge is 0.490 e. The molecule has 0 radical (unpaired) electrons. The van der Waals surface area contributed by atoms with E-state index in [2.05, 4.69) is 10.6 Å². The van der Waals surface area contributed by atoms with Gasteiger partial charge in [-0.2, -0.15) is 0 Å². The Labute approximate surface area is 200 Å². The average Bonchev–Trinajstić information content (AvgIpc) is 3.40. The summed E-state index contributed by atoms with van der Waals surface area (Å²) in [6.45, 7) is 2.14. The highest BCUT2D eigenvalue weighted by Gasteiger charge is 2.17. The van der Waals surface area contributed by atoms with Gasteiger partial charge in [-0.25, -0.2) is 0 Å². The van der Waals surface area contributed by atoms with Crippen LogP contribution in [0.2, 0.25) is 0 Å². The van der Waals surface area contributed by atoms with Gasteiger partial charge in [-0.1, -0.05) is 42.5 Å². The molecule has 0 bridgehead atoms. The van der Waals surface area contributed by atoms with Crippen molar-refractivity contribution in [1.82, 2.24) is 0 Å². The van der Waals surface area contributed by atoms with Gasteiger partial charge in [0.2, 0.25) is 5.91 Å². The SMILES string of the molecule is O=C(CNc1ccccc1OCCOc1ccccc1)Nc1ccccc1OCC1CCCO1. The van der Waals surface area contributed by atoms with E-state index in [0.717, 1.165) is 30.9 Å². The normalized spacial score (nSPS) is 14.9. The fourth-order valence-electron chi connectivity index (χ4n) is 3.59. The molecule has 0 spiro atoms. The molecule has 3 aromatic rings. The van der Waals surface area contributed by atoms with Crippen LogP contribution in [0.5, 0.6) is 17.2 Å². The van der Waals surface area contributed by atoms with Gasteiger partial charge in [-0.15, -0.1) is 0 Å². The first-order chi connectivity index (χ1) is 16.8. The van der Waals surface area contributed by atoms with Crippen LogP contribution in [0.25, 0.3) is 0 Å². The molecule has 178 valence electrons. The fraction of sp³-hybridized carbons (Fsp3) is 0.296. The van der Waals surface area contributed by atoms with Gasteiger partial charge in [0, 0.05) is 6.61 Å². The molecule has 34 heavy (non-hydrogen) atoms. The minimum Gasteiger partial charge on any atom is -0.490 e. The van der Waals surface area contributed by atoms with E-state index in [9.17, 15) is 4.79 Å². The summed E-state index contributed by atoms with van der Waals surface area (Å²) in [5, 5.41) is 6.07. The van der Waals surface area contributed by atoms with E-state index in [1.807, 2.05) is 78.9 Å². The van der Waals surface area contributed by atoms with Crippen LogP contribution in [0, 0.1) is 0 Å². The molecule has 1 atom stereocenters. The fourth-order valence-corrected chi connectivity index (χ4v) is 3.59. The number of nitrogens with one attached hydrogen (secondary N) is 2. The second-order valence-electron chi connectivity index (χ2n) is 7.85. The molecule has 1 fully saturated rings. The number of para-hydroxylation sites is 5. The van der Waals surface area contributed by atoms with Gasteiger partial charge in [0.25, 0.3) is 0 Å². The van der Waals surface area contributed by atoms with Crippen LogP contribution in [0.4, 0.5) is 11.4 Å². The van der Waals surface area contributed by atoms with Crippen molar-refractivity contribution in [2.24, 2.45) is 0 Å². The third-order valence-corrected chi connectivity index (χ3v) is 5.29. The highest BCUT2D eigenvalue weighted by Crippen LogP contribution is 2.26. The van der Waals surface area contributed by atoms with E-state index in [1.165, 1.54) is 0 Å². The third kappa shape index (κ3) is 7.15. The zero-order valence-corrected chi connectivity index (χ0v) is 19.1. The summed E-state index contributed by atoms with van der Waals surface area (Å²) in [5.74, 6) is 1.91. The molecule has 1 aliphatic rings. The van der Waals surface area contributed by atoms with Crippen LogP contribution >= 0.6 is 0 Å². The minimum absolute atomic E-state index is 0.0843. The number of carbonyl (C=O) groups is 1. The van der Waals surface area contributed by atoms with E-state index in [0.29, 0.717) is 37.0 Å². The van der Waals surface area contributed by atoms with Gasteiger partial charge in [-0.3, -0.25) is 4.79 Å². The van der Waals surface area contributed by atoms with Gasteiger partial charge >= 0.3 is 0 Å². The second kappa shape index (κ2) is 12.5. The van der Waals surface area contributed by atoms with E-state index in [-0.39, 0.29) is 18.6 Å². The Kier molecular flexibility index (Phi) is 8.63. The first kappa shape index (κ1) is 23.4. The monoisotopic (exact) mass is 462 g/mol. The number of ether oxygens (including phenoxy) is 4. The summed E-state index contributed by atoms with van der Waals surface area (Å²) in [6.07, 6.45) is 2.17. The predicted molar refractivity (Wildman–Crippen MR) is 132 cm³/mol. The molecule has 1 heterocycles. The summed E-state index contributed by atoms with van der Waals surface area (Å²) in [6, 6.07) is 24.5. The first-order valence-corrected chi connectivity index (χ1v) is 11.5. The van der Waals surface area contributed by atoms with Crippen molar-refractivity contribution in [2.45, 2.75) is 18.9 Å². The number of benzene rings is 3. The van der Waals surface area contributed by atoms with E-state index in [4.69, 9.17) is 18.9 Å². The molecular formula is C27H30N2O5. The lowest BCUT2D eigenvalue weighted by Crippen LogP contribution is -2.23. The standard InChI is InChI=1S/C27H30N2O5/c30-27(29-24-13-5-7-15-26(24)34-20-22-11-8-16-31-22)19-28-23-12-4-6-14-25(23)33-18-17-32-21-9-2-1-3-10-21/h1-7,9-10,12-15,22,28H,8,11,16-20H2,(H,29,30). The topological polar surface area (TPSA) is 78.1 Å². The quantitative estimate of drug-likeness (QED) is 0.378. The molecule has 1 aliphatic heterocycles. The van der Waals surface area contributed by atoms with Crippen molar-refractivity contribution >= 4 is 17.3 Å². The summed E-state index contributed by atoms with van der Waals surface area (Å²) in [4.78, 5) is 12.6. The van der Waals surface area contributed by atoms with Crippen LogP contribution in [0.3, 0.4) is 0 Å². The Bertz CT molecular complexity index is 1040. The van der Waals surface area contributed by atoms with Crippen LogP contribution in [-0.4, -0.2) is 45.0 Å². The van der Waals surface area contributed by atoms with Crippen molar-refractivity contribution in [3.05, 3.63) is 78.9 Å². The van der Waals surface area contributed by atoms with Gasteiger partial charge < -0.3 is 29.6 Å². The van der Waals surface area contributed by atoms with Gasteiger partial charge in [0.15, 0.2) is 0 Å². The molecule has 0 aliphatic carbocycles. The molecule has 4 rings (SSSR count). The lowest BCUT2D eigenvalue weighted by molar-refractivity contribution is -0.114. The van der Waals surface area contributed by atoms with Gasteiger partial charge in [0.05, 0.1) is 24.0 Å². The molecule has 1 saturated heterocycles. The third-order valence-electron chi connectivity index (χ3n) is 5.29. The number of rotatable bonds is 12. The Morgan fingerprint density at radius 2 is 1.50 bits per heavy atom. The zero-order valence-electron chi connectivity index (χ0n) is 19.1. The lowest BCUT2D eigenvalue weighted by Gasteiger charge is -2.16. The van der Waals surface area contributed by atoms with Crippen molar-refractivity contribution in [2.75, 3.05) is 43.6 Å². The van der Waals surface area contributed by atoms with Crippen LogP contribution in [-0.2, 0) is 9.53 Å². The Morgan fingerprint density at radius 1 is 0.824 bits per heavy atom. The van der Waals surface area contributed by atoms with Crippen molar-refractivity contribution < 1.29 is 23.7 Å². The van der Waals surface area contributed by atoms with E-state index < -0.39 is 0 Å². The number of hydrogen-bond acceptors (Lipinski definition) is 6. The minimum atomic E-state index is -0.185. The van der Waals surface area contributed by atoms with Crippen LogP contribution in [0.1, 0.15) is 12.8 Å². The summed E-state index contributed by atoms with van der Waals surface area (Å²) >= 11 is 0. The maximum Gasteiger partial charge on any atom is 0.243 e. The number of carbonyl (C=O) groups excluding carboxylic acids is 1. The molecular weight excluding hydrogens is 432 g/mol. The highest BCUT2D eigenvalue weighted by molar-refractivity contribution is 5.95. The molecule has 1 amide bonds. The van der Waals surface area contributed by atoms with E-state index >= 15 is 0 Å². The molecule has 0 aromatic heterocycles. The highest BCUT2D eigenvalue weighted by atomic mass is 16.5. The zero-order chi connectivity index (χ0) is 23.4. The van der Waals surface area contributed by atoms with Gasteiger partial charge in [0.1, 0.15) is 37.1 Å². The summed E-state index contributed by atoms with van der Waals surface area (Å²) < 4.78 is 23.0. The maximum atomic E-state index is 12.6. The van der Waals surface area contributed by atoms with Gasteiger partial charge in [-0.05, 0) is 49.2 Å². The molecule has 1 unspecified atom stereocenters. The number of anilines is 2. The molecule has 2 N–H and O–H groups in total. The number of hydrogen-bond donors (Lipinski definition) is 2.